The van der Waals surface area contributed by atoms with Gasteiger partial charge in [-0.1, -0.05) is 6.07 Å². The Labute approximate surface area is 136 Å². The molecule has 2 rings (SSSR count). The fraction of sp³-hybridized carbons (Fsp3) is 0.529. The molecule has 1 unspecified atom stereocenters. The van der Waals surface area contributed by atoms with E-state index in [2.05, 4.69) is 4.90 Å². The maximum atomic E-state index is 12.7. The lowest BCUT2D eigenvalue weighted by molar-refractivity contribution is -0.138. The van der Waals surface area contributed by atoms with Crippen LogP contribution in [0.2, 0.25) is 0 Å². The summed E-state index contributed by atoms with van der Waals surface area (Å²) in [4.78, 5) is 27.5. The van der Waals surface area contributed by atoms with Crippen LogP contribution in [0.4, 0.5) is 0 Å². The molecule has 0 radical (unpaired) electrons. The summed E-state index contributed by atoms with van der Waals surface area (Å²) in [5, 5.41) is 8.88. The highest BCUT2D eigenvalue weighted by Crippen LogP contribution is 2.22. The van der Waals surface area contributed by atoms with Crippen molar-refractivity contribution in [2.75, 3.05) is 33.3 Å². The van der Waals surface area contributed by atoms with Gasteiger partial charge in [0.05, 0.1) is 13.5 Å². The largest absolute Gasteiger partial charge is 0.496 e. The lowest BCUT2D eigenvalue weighted by Gasteiger charge is -2.37. The number of carbonyl (C=O) groups excluding carboxylic acids is 1. The van der Waals surface area contributed by atoms with E-state index in [4.69, 9.17) is 9.84 Å². The lowest BCUT2D eigenvalue weighted by atomic mass is 10.1. The van der Waals surface area contributed by atoms with Crippen LogP contribution in [-0.2, 0) is 4.79 Å². The second kappa shape index (κ2) is 7.46. The summed E-state index contributed by atoms with van der Waals surface area (Å²) in [5.74, 6) is -0.0699. The first-order chi connectivity index (χ1) is 10.9. The van der Waals surface area contributed by atoms with Crippen LogP contribution in [0.15, 0.2) is 18.2 Å². The molecule has 1 fully saturated rings. The SMILES string of the molecule is COc1cccc(C(=O)N2CCN(C(C)CC(=O)O)CC2)c1C. The highest BCUT2D eigenvalue weighted by Gasteiger charge is 2.26. The summed E-state index contributed by atoms with van der Waals surface area (Å²) < 4.78 is 5.27. The molecule has 6 nitrogen and oxygen atoms in total. The summed E-state index contributed by atoms with van der Waals surface area (Å²) in [6.07, 6.45) is 0.128. The topological polar surface area (TPSA) is 70.1 Å². The van der Waals surface area contributed by atoms with E-state index in [0.717, 1.165) is 5.56 Å². The second-order valence-corrected chi connectivity index (χ2v) is 5.91. The maximum Gasteiger partial charge on any atom is 0.304 e. The number of hydrogen-bond donors (Lipinski definition) is 1. The van der Waals surface area contributed by atoms with E-state index < -0.39 is 5.97 Å². The van der Waals surface area contributed by atoms with Gasteiger partial charge in [-0.2, -0.15) is 0 Å². The van der Waals surface area contributed by atoms with Crippen LogP contribution >= 0.6 is 0 Å². The first kappa shape index (κ1) is 17.3. The normalized spacial score (nSPS) is 16.9. The molecular weight excluding hydrogens is 296 g/mol. The highest BCUT2D eigenvalue weighted by atomic mass is 16.5. The van der Waals surface area contributed by atoms with Crippen molar-refractivity contribution in [3.05, 3.63) is 29.3 Å². The second-order valence-electron chi connectivity index (χ2n) is 5.91. The van der Waals surface area contributed by atoms with Crippen LogP contribution in [0.25, 0.3) is 0 Å². The average Bonchev–Trinajstić information content (AvgIpc) is 2.54. The predicted octanol–water partition coefficient (Wildman–Crippen LogP) is 1.62. The van der Waals surface area contributed by atoms with Crippen molar-refractivity contribution in [2.24, 2.45) is 0 Å². The van der Waals surface area contributed by atoms with Gasteiger partial charge in [-0.05, 0) is 26.0 Å². The van der Waals surface area contributed by atoms with Crippen LogP contribution in [0.1, 0.15) is 29.3 Å². The Morgan fingerprint density at radius 2 is 1.91 bits per heavy atom. The van der Waals surface area contributed by atoms with Gasteiger partial charge in [0.2, 0.25) is 0 Å². The molecule has 1 aliphatic rings. The van der Waals surface area contributed by atoms with E-state index in [9.17, 15) is 9.59 Å². The monoisotopic (exact) mass is 320 g/mol. The Morgan fingerprint density at radius 3 is 2.48 bits per heavy atom. The third-order valence-corrected chi connectivity index (χ3v) is 4.43. The number of nitrogens with zero attached hydrogens (tertiary/aromatic N) is 2. The molecule has 126 valence electrons. The van der Waals surface area contributed by atoms with Crippen molar-refractivity contribution in [1.29, 1.82) is 0 Å². The molecule has 6 heteroatoms. The van der Waals surface area contributed by atoms with Crippen LogP contribution in [0.5, 0.6) is 5.75 Å². The van der Waals surface area contributed by atoms with Gasteiger partial charge in [0.25, 0.3) is 5.91 Å². The third-order valence-electron chi connectivity index (χ3n) is 4.43. The summed E-state index contributed by atoms with van der Waals surface area (Å²) in [6, 6.07) is 5.48. The molecule has 0 aliphatic carbocycles. The first-order valence-corrected chi connectivity index (χ1v) is 7.82. The van der Waals surface area contributed by atoms with E-state index in [-0.39, 0.29) is 18.4 Å². The molecule has 23 heavy (non-hydrogen) atoms. The van der Waals surface area contributed by atoms with Gasteiger partial charge in [0, 0.05) is 43.3 Å². The molecular formula is C17H24N2O4. The van der Waals surface area contributed by atoms with Gasteiger partial charge in [0.15, 0.2) is 0 Å². The van der Waals surface area contributed by atoms with Gasteiger partial charge in [-0.15, -0.1) is 0 Å². The van der Waals surface area contributed by atoms with Gasteiger partial charge in [-0.25, -0.2) is 0 Å². The Morgan fingerprint density at radius 1 is 1.26 bits per heavy atom. The van der Waals surface area contributed by atoms with Crippen molar-refractivity contribution < 1.29 is 19.4 Å². The highest BCUT2D eigenvalue weighted by molar-refractivity contribution is 5.96. The zero-order valence-corrected chi connectivity index (χ0v) is 13.9. The van der Waals surface area contributed by atoms with Gasteiger partial charge >= 0.3 is 5.97 Å². The number of benzene rings is 1. The van der Waals surface area contributed by atoms with Crippen molar-refractivity contribution in [3.8, 4) is 5.75 Å². The molecule has 1 heterocycles. The smallest absolute Gasteiger partial charge is 0.304 e. The van der Waals surface area contributed by atoms with E-state index >= 15 is 0 Å². The molecule has 1 saturated heterocycles. The Kier molecular flexibility index (Phi) is 5.60. The number of carboxylic acid groups (broad SMARTS) is 1. The number of amides is 1. The fourth-order valence-electron chi connectivity index (χ4n) is 2.99. The maximum absolute atomic E-state index is 12.7. The van der Waals surface area contributed by atoms with Crippen molar-refractivity contribution in [1.82, 2.24) is 9.80 Å². The summed E-state index contributed by atoms with van der Waals surface area (Å²) in [6.45, 7) is 6.42. The Bertz CT molecular complexity index is 580. The zero-order valence-electron chi connectivity index (χ0n) is 13.9. The molecule has 0 spiro atoms. The average molecular weight is 320 g/mol. The molecule has 1 atom stereocenters. The number of aliphatic carboxylic acids is 1. The molecule has 1 aromatic rings. The Balaban J connectivity index is 2.00. The van der Waals surface area contributed by atoms with E-state index in [1.165, 1.54) is 0 Å². The van der Waals surface area contributed by atoms with Crippen molar-refractivity contribution >= 4 is 11.9 Å². The predicted molar refractivity (Wildman–Crippen MR) is 86.9 cm³/mol. The van der Waals surface area contributed by atoms with Gasteiger partial charge < -0.3 is 14.7 Å². The van der Waals surface area contributed by atoms with Crippen LogP contribution in [-0.4, -0.2) is 66.1 Å². The van der Waals surface area contributed by atoms with Crippen LogP contribution in [0.3, 0.4) is 0 Å². The van der Waals surface area contributed by atoms with Gasteiger partial charge in [0.1, 0.15) is 5.75 Å². The summed E-state index contributed by atoms with van der Waals surface area (Å²) >= 11 is 0. The number of carboxylic acids is 1. The molecule has 0 bridgehead atoms. The number of ether oxygens (including phenoxy) is 1. The molecule has 1 amide bonds. The fourth-order valence-corrected chi connectivity index (χ4v) is 2.99. The minimum atomic E-state index is -0.789. The molecule has 0 aromatic heterocycles. The molecule has 1 aliphatic heterocycles. The minimum Gasteiger partial charge on any atom is -0.496 e. The quantitative estimate of drug-likeness (QED) is 0.893. The lowest BCUT2D eigenvalue weighted by Crippen LogP contribution is -2.51. The summed E-state index contributed by atoms with van der Waals surface area (Å²) in [5.41, 5.74) is 1.51. The molecule has 0 saturated carbocycles. The van der Waals surface area contributed by atoms with Crippen molar-refractivity contribution in [3.63, 3.8) is 0 Å². The minimum absolute atomic E-state index is 0.00642. The number of piperazine rings is 1. The third kappa shape index (κ3) is 4.01. The van der Waals surface area contributed by atoms with Crippen LogP contribution < -0.4 is 4.74 Å². The first-order valence-electron chi connectivity index (χ1n) is 7.82. The van der Waals surface area contributed by atoms with Crippen molar-refractivity contribution in [2.45, 2.75) is 26.3 Å². The van der Waals surface area contributed by atoms with Gasteiger partial charge in [-0.3, -0.25) is 14.5 Å². The number of rotatable bonds is 5. The van der Waals surface area contributed by atoms with E-state index in [1.54, 1.807) is 7.11 Å². The summed E-state index contributed by atoms with van der Waals surface area (Å²) in [7, 11) is 1.60. The van der Waals surface area contributed by atoms with E-state index in [1.807, 2.05) is 36.9 Å². The van der Waals surface area contributed by atoms with Crippen LogP contribution in [0, 0.1) is 6.92 Å². The number of carbonyl (C=O) groups is 2. The van der Waals surface area contributed by atoms with E-state index in [0.29, 0.717) is 37.5 Å². The molecule has 1 aromatic carbocycles. The Hall–Kier alpha value is -2.08. The number of methoxy groups -OCH3 is 1. The molecule has 1 N–H and O–H groups in total. The zero-order chi connectivity index (χ0) is 17.0. The standard InChI is InChI=1S/C17H24N2O4/c1-12(11-16(20)21)18-7-9-19(10-8-18)17(22)14-5-4-6-15(23-3)13(14)2/h4-6,12H,7-11H2,1-3H3,(H,20,21). The number of hydrogen-bond acceptors (Lipinski definition) is 4.